The molecule has 7 heteroatoms. The summed E-state index contributed by atoms with van der Waals surface area (Å²) in [7, 11) is 0. The van der Waals surface area contributed by atoms with E-state index in [1.54, 1.807) is 6.07 Å². The van der Waals surface area contributed by atoms with Gasteiger partial charge in [-0.3, -0.25) is 4.79 Å². The molecular weight excluding hydrogens is 464 g/mol. The summed E-state index contributed by atoms with van der Waals surface area (Å²) in [6.45, 7) is 1.67. The molecule has 0 bridgehead atoms. The van der Waals surface area contributed by atoms with E-state index in [9.17, 15) is 13.6 Å². The minimum Gasteiger partial charge on any atom is -0.395 e. The van der Waals surface area contributed by atoms with Crippen molar-refractivity contribution in [2.24, 2.45) is 5.92 Å². The van der Waals surface area contributed by atoms with Crippen LogP contribution in [0.4, 0.5) is 8.78 Å². The van der Waals surface area contributed by atoms with E-state index in [1.807, 2.05) is 53.4 Å². The molecule has 0 aromatic heterocycles. The van der Waals surface area contributed by atoms with E-state index < -0.39 is 6.29 Å². The van der Waals surface area contributed by atoms with Gasteiger partial charge in [-0.25, -0.2) is 0 Å². The van der Waals surface area contributed by atoms with E-state index in [2.05, 4.69) is 16.9 Å². The zero-order chi connectivity index (χ0) is 24.8. The van der Waals surface area contributed by atoms with Crippen molar-refractivity contribution >= 4 is 5.91 Å². The largest absolute Gasteiger partial charge is 0.586 e. The van der Waals surface area contributed by atoms with Crippen LogP contribution in [-0.4, -0.2) is 36.4 Å². The van der Waals surface area contributed by atoms with Crippen LogP contribution in [0.5, 0.6) is 11.5 Å². The molecule has 5 nitrogen and oxygen atoms in total. The smallest absolute Gasteiger partial charge is 0.395 e. The minimum atomic E-state index is -3.79. The third kappa shape index (κ3) is 4.01. The van der Waals surface area contributed by atoms with Crippen LogP contribution in [0, 0.1) is 5.92 Å². The van der Waals surface area contributed by atoms with Gasteiger partial charge in [0.1, 0.15) is 0 Å². The Morgan fingerprint density at radius 2 is 1.69 bits per heavy atom. The van der Waals surface area contributed by atoms with Crippen molar-refractivity contribution in [2.75, 3.05) is 13.2 Å². The summed E-state index contributed by atoms with van der Waals surface area (Å²) in [6, 6.07) is 24.5. The van der Waals surface area contributed by atoms with Gasteiger partial charge in [-0.15, -0.1) is 8.78 Å². The van der Waals surface area contributed by atoms with Crippen molar-refractivity contribution in [1.82, 2.24) is 4.90 Å². The molecular formula is C29H27F2NO4. The Morgan fingerprint density at radius 3 is 2.47 bits per heavy atom. The van der Waals surface area contributed by atoms with Crippen molar-refractivity contribution < 1.29 is 27.8 Å². The molecule has 1 saturated heterocycles. The van der Waals surface area contributed by atoms with Crippen LogP contribution < -0.4 is 9.47 Å². The van der Waals surface area contributed by atoms with E-state index in [-0.39, 0.29) is 34.4 Å². The van der Waals surface area contributed by atoms with Crippen LogP contribution in [-0.2, 0) is 16.7 Å². The van der Waals surface area contributed by atoms with Crippen LogP contribution >= 0.6 is 0 Å². The lowest BCUT2D eigenvalue weighted by molar-refractivity contribution is -0.286. The first-order valence-electron chi connectivity index (χ1n) is 12.3. The molecule has 3 aromatic rings. The fourth-order valence-corrected chi connectivity index (χ4v) is 6.16. The molecule has 0 spiro atoms. The number of halogens is 2. The average Bonchev–Trinajstić information content (AvgIpc) is 3.45. The monoisotopic (exact) mass is 491 g/mol. The second-order valence-electron chi connectivity index (χ2n) is 9.87. The van der Waals surface area contributed by atoms with Crippen molar-refractivity contribution in [3.8, 4) is 11.5 Å². The van der Waals surface area contributed by atoms with E-state index >= 15 is 0 Å². The van der Waals surface area contributed by atoms with Crippen LogP contribution in [0.25, 0.3) is 0 Å². The Labute approximate surface area is 208 Å². The number of carbonyl (C=O) groups excluding carboxylic acids is 1. The molecule has 0 N–H and O–H groups in total. The van der Waals surface area contributed by atoms with E-state index in [0.717, 1.165) is 24.8 Å². The van der Waals surface area contributed by atoms with Gasteiger partial charge >= 0.3 is 6.29 Å². The molecule has 3 aliphatic rings. The third-order valence-corrected chi connectivity index (χ3v) is 7.81. The molecule has 2 fully saturated rings. The van der Waals surface area contributed by atoms with Gasteiger partial charge in [0.25, 0.3) is 5.91 Å². The van der Waals surface area contributed by atoms with Gasteiger partial charge in [0.05, 0.1) is 12.2 Å². The van der Waals surface area contributed by atoms with Gasteiger partial charge in [0, 0.05) is 24.6 Å². The van der Waals surface area contributed by atoms with Crippen molar-refractivity contribution in [1.29, 1.82) is 0 Å². The Hall–Kier alpha value is -3.45. The summed E-state index contributed by atoms with van der Waals surface area (Å²) in [5.74, 6) is -0.318. The molecule has 1 amide bonds. The lowest BCUT2D eigenvalue weighted by Gasteiger charge is -2.40. The fourth-order valence-electron chi connectivity index (χ4n) is 6.16. The van der Waals surface area contributed by atoms with Crippen molar-refractivity contribution in [3.63, 3.8) is 0 Å². The number of rotatable bonds is 5. The lowest BCUT2D eigenvalue weighted by Crippen LogP contribution is -2.42. The highest BCUT2D eigenvalue weighted by Crippen LogP contribution is 2.52. The fraction of sp³-hybridized carbons (Fsp3) is 0.345. The summed E-state index contributed by atoms with van der Waals surface area (Å²) in [5, 5.41) is 0. The lowest BCUT2D eigenvalue weighted by atomic mass is 9.70. The van der Waals surface area contributed by atoms with E-state index in [0.29, 0.717) is 25.7 Å². The van der Waals surface area contributed by atoms with Gasteiger partial charge < -0.3 is 19.1 Å². The van der Waals surface area contributed by atoms with Gasteiger partial charge in [-0.2, -0.15) is 0 Å². The number of nitrogens with zero attached hydrogens (tertiary/aromatic N) is 1. The van der Waals surface area contributed by atoms with E-state index in [4.69, 9.17) is 9.47 Å². The molecule has 36 heavy (non-hydrogen) atoms. The molecule has 0 radical (unpaired) electrons. The minimum absolute atomic E-state index is 0.0838. The predicted octanol–water partition coefficient (Wildman–Crippen LogP) is 5.79. The average molecular weight is 492 g/mol. The highest BCUT2D eigenvalue weighted by atomic mass is 19.3. The van der Waals surface area contributed by atoms with Gasteiger partial charge in [0.15, 0.2) is 11.5 Å². The Kier molecular flexibility index (Phi) is 5.67. The van der Waals surface area contributed by atoms with Crippen LogP contribution in [0.2, 0.25) is 0 Å². The van der Waals surface area contributed by atoms with Crippen LogP contribution in [0.1, 0.15) is 40.7 Å². The number of para-hydroxylation sites is 1. The number of fused-ring (bicyclic) bond motifs is 2. The standard InChI is InChI=1S/C29H27F2NO4/c30-29(31)35-25-13-7-12-24(26(25)36-29)27(33)32(18-20-8-3-1-4-9-20)23-16-22-14-15-34-19-28(22,17-23)21-10-5-2-6-11-21/h1-13,22-23H,14-19H2/t22-,23+,28-/m1/s1. The Balaban J connectivity index is 1.38. The topological polar surface area (TPSA) is 48.0 Å². The molecule has 186 valence electrons. The first-order chi connectivity index (χ1) is 17.5. The maximum Gasteiger partial charge on any atom is 0.586 e. The van der Waals surface area contributed by atoms with Gasteiger partial charge in [-0.05, 0) is 48.4 Å². The molecule has 1 aliphatic carbocycles. The molecule has 6 rings (SSSR count). The number of ether oxygens (including phenoxy) is 3. The second kappa shape index (κ2) is 8.89. The summed E-state index contributed by atoms with van der Waals surface area (Å²) >= 11 is 0. The van der Waals surface area contributed by atoms with Crippen LogP contribution in [0.3, 0.4) is 0 Å². The number of alkyl halides is 2. The molecule has 3 atom stereocenters. The van der Waals surface area contributed by atoms with E-state index in [1.165, 1.54) is 17.7 Å². The van der Waals surface area contributed by atoms with Crippen molar-refractivity contribution in [3.05, 3.63) is 95.6 Å². The number of hydrogen-bond donors (Lipinski definition) is 0. The SMILES string of the molecule is O=C(c1cccc2c1OC(F)(F)O2)N(Cc1ccccc1)[C@H]1C[C@H]2CCOC[C@@]2(c2ccccc2)C1. The van der Waals surface area contributed by atoms with Gasteiger partial charge in [0.2, 0.25) is 0 Å². The normalized spacial score (nSPS) is 25.8. The first-order valence-corrected chi connectivity index (χ1v) is 12.3. The zero-order valence-electron chi connectivity index (χ0n) is 19.7. The Morgan fingerprint density at radius 1 is 0.944 bits per heavy atom. The Bertz CT molecular complexity index is 1250. The molecule has 0 unspecified atom stereocenters. The summed E-state index contributed by atoms with van der Waals surface area (Å²) in [4.78, 5) is 15.9. The van der Waals surface area contributed by atoms with Crippen LogP contribution in [0.15, 0.2) is 78.9 Å². The zero-order valence-corrected chi connectivity index (χ0v) is 19.7. The quantitative estimate of drug-likeness (QED) is 0.454. The maximum absolute atomic E-state index is 14.1. The number of amides is 1. The highest BCUT2D eigenvalue weighted by Gasteiger charge is 2.52. The number of carbonyl (C=O) groups is 1. The highest BCUT2D eigenvalue weighted by molar-refractivity contribution is 5.98. The summed E-state index contributed by atoms with van der Waals surface area (Å²) in [5.41, 5.74) is 2.09. The molecule has 3 aromatic carbocycles. The third-order valence-electron chi connectivity index (χ3n) is 7.81. The van der Waals surface area contributed by atoms with Crippen molar-refractivity contribution in [2.45, 2.75) is 43.6 Å². The predicted molar refractivity (Wildman–Crippen MR) is 129 cm³/mol. The number of hydrogen-bond acceptors (Lipinski definition) is 4. The van der Waals surface area contributed by atoms with Gasteiger partial charge in [-0.1, -0.05) is 66.7 Å². The molecule has 1 saturated carbocycles. The summed E-state index contributed by atoms with van der Waals surface area (Å²) < 4.78 is 43.2. The number of benzene rings is 3. The maximum atomic E-state index is 14.1. The first kappa shape index (κ1) is 23.0. The molecule has 2 aliphatic heterocycles. The molecule has 2 heterocycles. The summed E-state index contributed by atoms with van der Waals surface area (Å²) in [6.07, 6.45) is -1.31. The second-order valence-corrected chi connectivity index (χ2v) is 9.87.